The van der Waals surface area contributed by atoms with Gasteiger partial charge in [-0.3, -0.25) is 4.79 Å². The van der Waals surface area contributed by atoms with Gasteiger partial charge in [0.2, 0.25) is 5.92 Å². The third-order valence-corrected chi connectivity index (χ3v) is 1.78. The van der Waals surface area contributed by atoms with E-state index in [9.17, 15) is 18.0 Å². The summed E-state index contributed by atoms with van der Waals surface area (Å²) in [6, 6.07) is 7.92. The molecule has 0 spiro atoms. The molecular formula is C10H6F3NO. The number of Topliss-reactive ketones (excluding diaryl/α,β-unsaturated/α-hetero) is 1. The Kier molecular flexibility index (Phi) is 3.10. The third kappa shape index (κ3) is 2.56. The highest BCUT2D eigenvalue weighted by atomic mass is 19.4. The zero-order chi connectivity index (χ0) is 11.5. The van der Waals surface area contributed by atoms with Crippen LogP contribution < -0.4 is 0 Å². The van der Waals surface area contributed by atoms with Gasteiger partial charge in [0.25, 0.3) is 0 Å². The number of benzene rings is 1. The molecule has 1 unspecified atom stereocenters. The van der Waals surface area contributed by atoms with Crippen LogP contribution in [0.1, 0.15) is 10.4 Å². The number of ketones is 1. The molecule has 1 atom stereocenters. The van der Waals surface area contributed by atoms with Crippen molar-refractivity contribution in [1.29, 1.82) is 5.26 Å². The van der Waals surface area contributed by atoms with Crippen LogP contribution in [0.25, 0.3) is 0 Å². The normalized spacial score (nSPS) is 12.9. The average molecular weight is 213 g/mol. The van der Waals surface area contributed by atoms with Crippen molar-refractivity contribution < 1.29 is 18.0 Å². The maximum Gasteiger partial charge on any atom is 0.411 e. The number of carbonyl (C=O) groups is 1. The van der Waals surface area contributed by atoms with E-state index in [1.165, 1.54) is 24.3 Å². The summed E-state index contributed by atoms with van der Waals surface area (Å²) in [6.07, 6.45) is -4.82. The second-order valence-corrected chi connectivity index (χ2v) is 2.83. The van der Waals surface area contributed by atoms with Gasteiger partial charge in [0.1, 0.15) is 0 Å². The minimum absolute atomic E-state index is 0.110. The molecule has 0 aliphatic carbocycles. The summed E-state index contributed by atoms with van der Waals surface area (Å²) in [7, 11) is 0. The lowest BCUT2D eigenvalue weighted by Gasteiger charge is -2.11. The molecule has 0 bridgehead atoms. The second-order valence-electron chi connectivity index (χ2n) is 2.83. The number of rotatable bonds is 2. The van der Waals surface area contributed by atoms with Gasteiger partial charge in [-0.1, -0.05) is 30.3 Å². The topological polar surface area (TPSA) is 40.9 Å². The van der Waals surface area contributed by atoms with Crippen LogP contribution in [0.3, 0.4) is 0 Å². The summed E-state index contributed by atoms with van der Waals surface area (Å²) < 4.78 is 36.6. The number of hydrogen-bond acceptors (Lipinski definition) is 2. The second kappa shape index (κ2) is 4.13. The van der Waals surface area contributed by atoms with Gasteiger partial charge in [0.15, 0.2) is 5.78 Å². The Bertz CT molecular complexity index is 391. The number of nitrogens with zero attached hydrogens (tertiary/aromatic N) is 1. The van der Waals surface area contributed by atoms with Crippen LogP contribution in [0, 0.1) is 17.2 Å². The lowest BCUT2D eigenvalue weighted by atomic mass is 9.98. The Morgan fingerprint density at radius 1 is 1.27 bits per heavy atom. The predicted octanol–water partition coefficient (Wildman–Crippen LogP) is 2.57. The summed E-state index contributed by atoms with van der Waals surface area (Å²) in [5, 5.41) is 8.30. The van der Waals surface area contributed by atoms with Crippen molar-refractivity contribution in [3.05, 3.63) is 35.9 Å². The molecule has 0 aromatic heterocycles. The fourth-order valence-electron chi connectivity index (χ4n) is 1.05. The first-order chi connectivity index (χ1) is 6.96. The molecule has 78 valence electrons. The molecule has 0 saturated carbocycles. The Hall–Kier alpha value is -1.83. The van der Waals surface area contributed by atoms with E-state index < -0.39 is 17.9 Å². The maximum absolute atomic E-state index is 12.2. The molecule has 0 aliphatic rings. The van der Waals surface area contributed by atoms with Crippen LogP contribution in [-0.4, -0.2) is 12.0 Å². The average Bonchev–Trinajstić information content (AvgIpc) is 2.18. The highest BCUT2D eigenvalue weighted by Crippen LogP contribution is 2.28. The number of halogens is 3. The molecule has 0 fully saturated rings. The molecule has 0 N–H and O–H groups in total. The number of nitriles is 1. The zero-order valence-corrected chi connectivity index (χ0v) is 7.45. The number of alkyl halides is 3. The van der Waals surface area contributed by atoms with Crippen molar-refractivity contribution in [1.82, 2.24) is 0 Å². The van der Waals surface area contributed by atoms with Gasteiger partial charge in [-0.15, -0.1) is 0 Å². The minimum atomic E-state index is -4.82. The molecule has 0 saturated heterocycles. The van der Waals surface area contributed by atoms with E-state index in [0.29, 0.717) is 0 Å². The highest BCUT2D eigenvalue weighted by Gasteiger charge is 2.45. The lowest BCUT2D eigenvalue weighted by molar-refractivity contribution is -0.146. The van der Waals surface area contributed by atoms with Crippen molar-refractivity contribution in [2.45, 2.75) is 6.18 Å². The Morgan fingerprint density at radius 2 is 1.80 bits per heavy atom. The van der Waals surface area contributed by atoms with Crippen LogP contribution in [0.2, 0.25) is 0 Å². The van der Waals surface area contributed by atoms with E-state index in [-0.39, 0.29) is 5.56 Å². The molecule has 1 rings (SSSR count). The monoisotopic (exact) mass is 213 g/mol. The van der Waals surface area contributed by atoms with Gasteiger partial charge in [-0.2, -0.15) is 18.4 Å². The zero-order valence-electron chi connectivity index (χ0n) is 7.45. The Labute approximate surface area is 83.9 Å². The van der Waals surface area contributed by atoms with E-state index in [4.69, 9.17) is 5.26 Å². The van der Waals surface area contributed by atoms with Crippen molar-refractivity contribution in [2.24, 2.45) is 5.92 Å². The molecule has 15 heavy (non-hydrogen) atoms. The fourth-order valence-corrected chi connectivity index (χ4v) is 1.05. The number of hydrogen-bond donors (Lipinski definition) is 0. The smallest absolute Gasteiger partial charge is 0.292 e. The largest absolute Gasteiger partial charge is 0.411 e. The molecule has 0 radical (unpaired) electrons. The van der Waals surface area contributed by atoms with E-state index >= 15 is 0 Å². The van der Waals surface area contributed by atoms with E-state index in [1.54, 1.807) is 6.07 Å². The van der Waals surface area contributed by atoms with Crippen LogP contribution in [0.5, 0.6) is 0 Å². The van der Waals surface area contributed by atoms with Gasteiger partial charge in [-0.25, -0.2) is 0 Å². The molecular weight excluding hydrogens is 207 g/mol. The van der Waals surface area contributed by atoms with Gasteiger partial charge in [0.05, 0.1) is 6.07 Å². The quantitative estimate of drug-likeness (QED) is 0.708. The van der Waals surface area contributed by atoms with Gasteiger partial charge < -0.3 is 0 Å². The summed E-state index contributed by atoms with van der Waals surface area (Å²) in [4.78, 5) is 11.3. The lowest BCUT2D eigenvalue weighted by Crippen LogP contribution is -2.29. The van der Waals surface area contributed by atoms with Crippen LogP contribution in [-0.2, 0) is 0 Å². The van der Waals surface area contributed by atoms with Gasteiger partial charge in [-0.05, 0) is 0 Å². The van der Waals surface area contributed by atoms with Crippen LogP contribution in [0.15, 0.2) is 30.3 Å². The highest BCUT2D eigenvalue weighted by molar-refractivity contribution is 5.99. The summed E-state index contributed by atoms with van der Waals surface area (Å²) >= 11 is 0. The first kappa shape index (κ1) is 11.2. The Morgan fingerprint density at radius 3 is 2.20 bits per heavy atom. The third-order valence-electron chi connectivity index (χ3n) is 1.78. The maximum atomic E-state index is 12.2. The molecule has 0 heterocycles. The molecule has 0 aliphatic heterocycles. The van der Waals surface area contributed by atoms with E-state index in [2.05, 4.69) is 0 Å². The first-order valence-electron chi connectivity index (χ1n) is 4.02. The minimum Gasteiger partial charge on any atom is -0.292 e. The molecule has 1 aromatic rings. The Balaban J connectivity index is 3.00. The van der Waals surface area contributed by atoms with Crippen molar-refractivity contribution in [3.8, 4) is 6.07 Å². The summed E-state index contributed by atoms with van der Waals surface area (Å²) in [5.41, 5.74) is -0.110. The van der Waals surface area contributed by atoms with Gasteiger partial charge in [0, 0.05) is 5.56 Å². The van der Waals surface area contributed by atoms with Crippen molar-refractivity contribution in [3.63, 3.8) is 0 Å². The molecule has 2 nitrogen and oxygen atoms in total. The van der Waals surface area contributed by atoms with Crippen molar-refractivity contribution >= 4 is 5.78 Å². The van der Waals surface area contributed by atoms with E-state index in [1.807, 2.05) is 0 Å². The predicted molar refractivity (Wildman–Crippen MR) is 45.9 cm³/mol. The van der Waals surface area contributed by atoms with Crippen LogP contribution in [0.4, 0.5) is 13.2 Å². The summed E-state index contributed by atoms with van der Waals surface area (Å²) in [5.74, 6) is -3.80. The SMILES string of the molecule is N#CC(C(=O)c1ccccc1)C(F)(F)F. The van der Waals surface area contributed by atoms with Gasteiger partial charge >= 0.3 is 6.18 Å². The van der Waals surface area contributed by atoms with Crippen LogP contribution >= 0.6 is 0 Å². The summed E-state index contributed by atoms with van der Waals surface area (Å²) in [6.45, 7) is 0. The molecule has 5 heteroatoms. The molecule has 1 aromatic carbocycles. The first-order valence-corrected chi connectivity index (χ1v) is 4.02. The van der Waals surface area contributed by atoms with Crippen molar-refractivity contribution in [2.75, 3.05) is 0 Å². The molecule has 0 amide bonds. The van der Waals surface area contributed by atoms with E-state index in [0.717, 1.165) is 6.07 Å². The number of carbonyl (C=O) groups excluding carboxylic acids is 1. The fraction of sp³-hybridized carbons (Fsp3) is 0.200. The standard InChI is InChI=1S/C10H6F3NO/c11-10(12,13)8(6-14)9(15)7-4-2-1-3-5-7/h1-5,8H.